The highest BCUT2D eigenvalue weighted by Crippen LogP contribution is 2.32. The maximum Gasteiger partial charge on any atom is 0.534 e. The summed E-state index contributed by atoms with van der Waals surface area (Å²) in [4.78, 5) is 50.7. The van der Waals surface area contributed by atoms with Gasteiger partial charge in [0.2, 0.25) is 0 Å². The fourth-order valence-electron chi connectivity index (χ4n) is 2.74. The number of amides is 2. The molecule has 0 N–H and O–H groups in total. The van der Waals surface area contributed by atoms with Gasteiger partial charge in [-0.15, -0.1) is 0 Å². The van der Waals surface area contributed by atoms with Crippen molar-refractivity contribution < 1.29 is 28.9 Å². The minimum atomic E-state index is -1.19. The summed E-state index contributed by atoms with van der Waals surface area (Å²) in [6, 6.07) is 5.40. The predicted molar refractivity (Wildman–Crippen MR) is 81.6 cm³/mol. The third-order valence-corrected chi connectivity index (χ3v) is 4.02. The molecule has 3 rings (SSSR count). The number of nitro benzene ring substituents is 1. The smallest absolute Gasteiger partial charge is 0.428 e. The molecule has 0 saturated carbocycles. The molecule has 130 valence electrons. The first-order valence-electron chi connectivity index (χ1n) is 7.57. The van der Waals surface area contributed by atoms with Gasteiger partial charge in [0.05, 0.1) is 10.8 Å². The number of non-ortho nitro benzene ring substituents is 1. The summed E-state index contributed by atoms with van der Waals surface area (Å²) in [5.41, 5.74) is 0.410. The Hall–Kier alpha value is -3.23. The van der Waals surface area contributed by atoms with Crippen molar-refractivity contribution in [2.45, 2.75) is 19.4 Å². The molecule has 2 aliphatic rings. The van der Waals surface area contributed by atoms with Crippen LogP contribution in [0.3, 0.4) is 0 Å². The van der Waals surface area contributed by atoms with Crippen LogP contribution in [0.4, 0.5) is 10.5 Å². The molecule has 9 heteroatoms. The van der Waals surface area contributed by atoms with Gasteiger partial charge in [-0.3, -0.25) is 24.5 Å². The molecule has 2 bridgehead atoms. The Morgan fingerprint density at radius 3 is 2.64 bits per heavy atom. The van der Waals surface area contributed by atoms with Gasteiger partial charge in [-0.2, -0.15) is 0 Å². The zero-order valence-corrected chi connectivity index (χ0v) is 13.0. The molecule has 1 aromatic carbocycles. The quantitative estimate of drug-likeness (QED) is 0.269. The molecule has 1 aromatic rings. The van der Waals surface area contributed by atoms with Gasteiger partial charge in [0.15, 0.2) is 0 Å². The molecule has 0 spiro atoms. The zero-order valence-electron chi connectivity index (χ0n) is 13.0. The highest BCUT2D eigenvalue weighted by molar-refractivity contribution is 5.98. The molecule has 1 fully saturated rings. The predicted octanol–water partition coefficient (Wildman–Crippen LogP) is 2.11. The number of carbonyl (C=O) groups excluding carboxylic acids is 3. The van der Waals surface area contributed by atoms with Crippen molar-refractivity contribution in [1.82, 2.24) is 5.06 Å². The number of allylic oxidation sites excluding steroid dienone is 1. The largest absolute Gasteiger partial charge is 0.534 e. The molecule has 1 aliphatic heterocycles. The third-order valence-electron chi connectivity index (χ3n) is 4.02. The second-order valence-electron chi connectivity index (χ2n) is 5.77. The van der Waals surface area contributed by atoms with Gasteiger partial charge in [0.1, 0.15) is 6.61 Å². The number of ether oxygens (including phenoxy) is 1. The van der Waals surface area contributed by atoms with E-state index >= 15 is 0 Å². The summed E-state index contributed by atoms with van der Waals surface area (Å²) < 4.78 is 4.85. The van der Waals surface area contributed by atoms with Crippen LogP contribution in [0, 0.1) is 22.0 Å². The average molecular weight is 346 g/mol. The second kappa shape index (κ2) is 6.71. The summed E-state index contributed by atoms with van der Waals surface area (Å²) in [6.07, 6.45) is 2.96. The molecule has 2 amide bonds. The topological polar surface area (TPSA) is 116 Å². The zero-order chi connectivity index (χ0) is 18.0. The van der Waals surface area contributed by atoms with Gasteiger partial charge in [-0.1, -0.05) is 17.2 Å². The molecule has 0 unspecified atom stereocenters. The number of carbonyl (C=O) groups is 3. The number of imide groups is 1. The van der Waals surface area contributed by atoms with Crippen LogP contribution in [-0.4, -0.2) is 28.0 Å². The van der Waals surface area contributed by atoms with E-state index in [1.807, 2.05) is 6.08 Å². The lowest BCUT2D eigenvalue weighted by atomic mass is 10.0. The molecule has 0 radical (unpaired) electrons. The van der Waals surface area contributed by atoms with Gasteiger partial charge in [0, 0.05) is 18.6 Å². The van der Waals surface area contributed by atoms with Crippen LogP contribution in [-0.2, 0) is 25.8 Å². The van der Waals surface area contributed by atoms with E-state index in [1.54, 1.807) is 6.08 Å². The fraction of sp³-hybridized carbons (Fsp3) is 0.312. The number of benzene rings is 1. The molecule has 1 saturated heterocycles. The van der Waals surface area contributed by atoms with Gasteiger partial charge >= 0.3 is 6.16 Å². The Morgan fingerprint density at radius 1 is 1.24 bits per heavy atom. The van der Waals surface area contributed by atoms with E-state index < -0.39 is 28.8 Å². The van der Waals surface area contributed by atoms with Gasteiger partial charge < -0.3 is 4.74 Å². The van der Waals surface area contributed by atoms with Crippen molar-refractivity contribution in [3.05, 3.63) is 52.1 Å². The molecular formula is C16H14N2O7. The van der Waals surface area contributed by atoms with Crippen LogP contribution in [0.5, 0.6) is 0 Å². The second-order valence-corrected chi connectivity index (χ2v) is 5.77. The van der Waals surface area contributed by atoms with Crippen molar-refractivity contribution in [3.63, 3.8) is 0 Å². The van der Waals surface area contributed by atoms with Crippen molar-refractivity contribution in [2.75, 3.05) is 0 Å². The van der Waals surface area contributed by atoms with E-state index in [2.05, 4.69) is 0 Å². The number of rotatable bonds is 4. The van der Waals surface area contributed by atoms with E-state index in [1.165, 1.54) is 24.3 Å². The van der Waals surface area contributed by atoms with Gasteiger partial charge in [0.25, 0.3) is 17.5 Å². The number of fused-ring (bicyclic) bond motifs is 2. The maximum atomic E-state index is 12.2. The van der Waals surface area contributed by atoms with Crippen LogP contribution >= 0.6 is 0 Å². The van der Waals surface area contributed by atoms with Crippen molar-refractivity contribution in [2.24, 2.45) is 11.8 Å². The Labute approximate surface area is 141 Å². The van der Waals surface area contributed by atoms with Gasteiger partial charge in [-0.25, -0.2) is 4.79 Å². The SMILES string of the molecule is O=C(OCc1ccc([N+](=O)[O-])cc1)ON1C(=O)C[C@@H]2C=C[C@H](C2)C1=O. The molecule has 0 aromatic heterocycles. The Morgan fingerprint density at radius 2 is 1.96 bits per heavy atom. The van der Waals surface area contributed by atoms with Crippen LogP contribution < -0.4 is 0 Å². The lowest BCUT2D eigenvalue weighted by Crippen LogP contribution is -2.40. The van der Waals surface area contributed by atoms with Crippen LogP contribution in [0.2, 0.25) is 0 Å². The van der Waals surface area contributed by atoms with E-state index in [4.69, 9.17) is 9.57 Å². The lowest BCUT2D eigenvalue weighted by molar-refractivity contribution is -0.384. The summed E-state index contributed by atoms with van der Waals surface area (Å²) >= 11 is 0. The van der Waals surface area contributed by atoms with E-state index in [0.717, 1.165) is 0 Å². The molecule has 2 atom stereocenters. The minimum absolute atomic E-state index is 0.0221. The summed E-state index contributed by atoms with van der Waals surface area (Å²) in [5, 5.41) is 11.0. The number of hydrogen-bond acceptors (Lipinski definition) is 7. The number of nitro groups is 1. The van der Waals surface area contributed by atoms with Gasteiger partial charge in [-0.05, 0) is 30.0 Å². The Bertz CT molecular complexity index is 756. The van der Waals surface area contributed by atoms with Crippen LogP contribution in [0.25, 0.3) is 0 Å². The Kier molecular flexibility index (Phi) is 4.46. The van der Waals surface area contributed by atoms with Crippen molar-refractivity contribution in [1.29, 1.82) is 0 Å². The monoisotopic (exact) mass is 346 g/mol. The van der Waals surface area contributed by atoms with E-state index in [0.29, 0.717) is 17.0 Å². The summed E-state index contributed by atoms with van der Waals surface area (Å²) in [7, 11) is 0. The highest BCUT2D eigenvalue weighted by atomic mass is 16.8. The fourth-order valence-corrected chi connectivity index (χ4v) is 2.74. The maximum absolute atomic E-state index is 12.2. The molecule has 9 nitrogen and oxygen atoms in total. The lowest BCUT2D eigenvalue weighted by Gasteiger charge is -2.19. The molecule has 1 heterocycles. The first-order valence-corrected chi connectivity index (χ1v) is 7.57. The minimum Gasteiger partial charge on any atom is -0.428 e. The third kappa shape index (κ3) is 3.65. The van der Waals surface area contributed by atoms with Crippen LogP contribution in [0.1, 0.15) is 18.4 Å². The first-order chi connectivity index (χ1) is 11.9. The molecular weight excluding hydrogens is 332 g/mol. The normalized spacial score (nSPS) is 21.8. The number of nitrogens with zero attached hydrogens (tertiary/aromatic N) is 2. The average Bonchev–Trinajstić information content (AvgIpc) is 3.02. The summed E-state index contributed by atoms with van der Waals surface area (Å²) in [5.74, 6) is -1.67. The van der Waals surface area contributed by atoms with Crippen LogP contribution in [0.15, 0.2) is 36.4 Å². The van der Waals surface area contributed by atoms with E-state index in [-0.39, 0.29) is 24.6 Å². The number of hydroxylamine groups is 2. The number of hydrogen-bond donors (Lipinski definition) is 0. The van der Waals surface area contributed by atoms with Crippen molar-refractivity contribution in [3.8, 4) is 0 Å². The first kappa shape index (κ1) is 16.6. The molecule has 1 aliphatic carbocycles. The standard InChI is InChI=1S/C16H14N2O7/c19-14-8-11-1-4-12(7-11)15(20)17(14)25-16(21)24-9-10-2-5-13(6-3-10)18(22)23/h1-6,11-12H,7-9H2/t11-,12-/m1/s1. The van der Waals surface area contributed by atoms with E-state index in [9.17, 15) is 24.5 Å². The summed E-state index contributed by atoms with van der Waals surface area (Å²) in [6.45, 7) is -0.209. The Balaban J connectivity index is 1.56. The highest BCUT2D eigenvalue weighted by Gasteiger charge is 2.40. The van der Waals surface area contributed by atoms with Crippen molar-refractivity contribution >= 4 is 23.7 Å². The molecule has 25 heavy (non-hydrogen) atoms.